The average molecular weight is 222 g/mol. The fourth-order valence-electron chi connectivity index (χ4n) is 1.48. The van der Waals surface area contributed by atoms with E-state index in [1.54, 1.807) is 0 Å². The summed E-state index contributed by atoms with van der Waals surface area (Å²) in [4.78, 5) is 8.64. The van der Waals surface area contributed by atoms with Crippen LogP contribution in [0.4, 0.5) is 0 Å². The predicted molar refractivity (Wildman–Crippen MR) is 62.0 cm³/mol. The first-order chi connectivity index (χ1) is 7.20. The Hall–Kier alpha value is -1.19. The van der Waals surface area contributed by atoms with Gasteiger partial charge in [0, 0.05) is 5.39 Å². The molecule has 0 amide bonds. The van der Waals surface area contributed by atoms with Gasteiger partial charge in [0.2, 0.25) is 0 Å². The molecule has 78 valence electrons. The number of fused-ring (bicyclic) bond motifs is 1. The normalized spacial score (nSPS) is 10.9. The summed E-state index contributed by atoms with van der Waals surface area (Å²) in [6, 6.07) is 5.98. The summed E-state index contributed by atoms with van der Waals surface area (Å²) in [6.45, 7) is 2.66. The van der Waals surface area contributed by atoms with Crippen molar-refractivity contribution in [1.82, 2.24) is 15.3 Å². The molecule has 2 rings (SSSR count). The highest BCUT2D eigenvalue weighted by atomic mass is 35.5. The van der Waals surface area contributed by atoms with Crippen LogP contribution in [0, 0.1) is 6.92 Å². The van der Waals surface area contributed by atoms with Crippen LogP contribution in [0.5, 0.6) is 0 Å². The van der Waals surface area contributed by atoms with Gasteiger partial charge in [-0.25, -0.2) is 9.97 Å². The van der Waals surface area contributed by atoms with Crippen molar-refractivity contribution in [1.29, 1.82) is 0 Å². The maximum absolute atomic E-state index is 6.07. The Labute approximate surface area is 93.5 Å². The number of aromatic nitrogens is 2. The highest BCUT2D eigenvalue weighted by Gasteiger charge is 2.05. The molecule has 4 heteroatoms. The third kappa shape index (κ3) is 2.08. The SMILES string of the molecule is CNCc1nc(Cl)c2ccc(C)cc2n1. The van der Waals surface area contributed by atoms with Gasteiger partial charge in [0.15, 0.2) is 0 Å². The molecule has 0 aliphatic heterocycles. The lowest BCUT2D eigenvalue weighted by molar-refractivity contribution is 0.764. The molecule has 0 aliphatic carbocycles. The maximum Gasteiger partial charge on any atom is 0.144 e. The summed E-state index contributed by atoms with van der Waals surface area (Å²) in [6.07, 6.45) is 0. The topological polar surface area (TPSA) is 37.8 Å². The van der Waals surface area contributed by atoms with Gasteiger partial charge in [-0.05, 0) is 31.7 Å². The summed E-state index contributed by atoms with van der Waals surface area (Å²) < 4.78 is 0. The molecule has 1 N–H and O–H groups in total. The van der Waals surface area contributed by atoms with Crippen LogP contribution < -0.4 is 5.32 Å². The van der Waals surface area contributed by atoms with E-state index in [0.717, 1.165) is 16.7 Å². The van der Waals surface area contributed by atoms with Gasteiger partial charge in [-0.1, -0.05) is 17.7 Å². The van der Waals surface area contributed by atoms with Gasteiger partial charge in [-0.2, -0.15) is 0 Å². The molecule has 1 aromatic heterocycles. The smallest absolute Gasteiger partial charge is 0.144 e. The van der Waals surface area contributed by atoms with Gasteiger partial charge < -0.3 is 5.32 Å². The number of rotatable bonds is 2. The zero-order valence-electron chi connectivity index (χ0n) is 8.71. The molecule has 0 saturated carbocycles. The monoisotopic (exact) mass is 221 g/mol. The lowest BCUT2D eigenvalue weighted by Gasteiger charge is -2.04. The van der Waals surface area contributed by atoms with Crippen LogP contribution >= 0.6 is 11.6 Å². The zero-order chi connectivity index (χ0) is 10.8. The fourth-order valence-corrected chi connectivity index (χ4v) is 1.74. The molecular weight excluding hydrogens is 210 g/mol. The minimum atomic E-state index is 0.519. The summed E-state index contributed by atoms with van der Waals surface area (Å²) in [7, 11) is 1.86. The summed E-state index contributed by atoms with van der Waals surface area (Å²) in [5.41, 5.74) is 2.08. The minimum absolute atomic E-state index is 0.519. The molecule has 2 aromatic rings. The largest absolute Gasteiger partial charge is 0.313 e. The molecule has 1 heterocycles. The second-order valence-corrected chi connectivity index (χ2v) is 3.84. The molecule has 0 atom stereocenters. The third-order valence-electron chi connectivity index (χ3n) is 2.19. The third-order valence-corrected chi connectivity index (χ3v) is 2.48. The predicted octanol–water partition coefficient (Wildman–Crippen LogP) is 2.31. The number of aryl methyl sites for hydroxylation is 1. The molecule has 0 radical (unpaired) electrons. The molecule has 0 aliphatic rings. The second kappa shape index (κ2) is 4.13. The van der Waals surface area contributed by atoms with E-state index in [1.807, 2.05) is 32.2 Å². The van der Waals surface area contributed by atoms with Gasteiger partial charge in [-0.15, -0.1) is 0 Å². The Morgan fingerprint density at radius 1 is 1.33 bits per heavy atom. The number of nitrogens with zero attached hydrogens (tertiary/aromatic N) is 2. The quantitative estimate of drug-likeness (QED) is 0.791. The van der Waals surface area contributed by atoms with Crippen LogP contribution in [0.2, 0.25) is 5.15 Å². The fraction of sp³-hybridized carbons (Fsp3) is 0.273. The Balaban J connectivity index is 2.63. The number of nitrogens with one attached hydrogen (secondary N) is 1. The molecule has 0 bridgehead atoms. The lowest BCUT2D eigenvalue weighted by atomic mass is 10.2. The summed E-state index contributed by atoms with van der Waals surface area (Å²) in [5.74, 6) is 0.723. The first-order valence-corrected chi connectivity index (χ1v) is 5.16. The number of halogens is 1. The van der Waals surface area contributed by atoms with Crippen LogP contribution in [-0.4, -0.2) is 17.0 Å². The molecule has 1 aromatic carbocycles. The summed E-state index contributed by atoms with van der Waals surface area (Å²) >= 11 is 6.07. The van der Waals surface area contributed by atoms with Crippen molar-refractivity contribution in [3.05, 3.63) is 34.7 Å². The molecular formula is C11H12ClN3. The Bertz CT molecular complexity index is 496. The van der Waals surface area contributed by atoms with Crippen LogP contribution in [0.25, 0.3) is 10.9 Å². The first kappa shape index (κ1) is 10.3. The second-order valence-electron chi connectivity index (χ2n) is 3.48. The number of hydrogen-bond acceptors (Lipinski definition) is 3. The van der Waals surface area contributed by atoms with Gasteiger partial charge in [0.1, 0.15) is 11.0 Å². The number of hydrogen-bond donors (Lipinski definition) is 1. The average Bonchev–Trinajstić information content (AvgIpc) is 2.17. The van der Waals surface area contributed by atoms with Crippen LogP contribution in [0.15, 0.2) is 18.2 Å². The van der Waals surface area contributed by atoms with E-state index in [0.29, 0.717) is 11.7 Å². The van der Waals surface area contributed by atoms with Crippen molar-refractivity contribution in [3.8, 4) is 0 Å². The van der Waals surface area contributed by atoms with Crippen LogP contribution in [-0.2, 0) is 6.54 Å². The van der Waals surface area contributed by atoms with E-state index < -0.39 is 0 Å². The van der Waals surface area contributed by atoms with Crippen LogP contribution in [0.1, 0.15) is 11.4 Å². The standard InChI is InChI=1S/C11H12ClN3/c1-7-3-4-8-9(5-7)14-10(6-13-2)15-11(8)12/h3-5,13H,6H2,1-2H3. The highest BCUT2D eigenvalue weighted by Crippen LogP contribution is 2.21. The maximum atomic E-state index is 6.07. The van der Waals surface area contributed by atoms with E-state index in [2.05, 4.69) is 15.3 Å². The molecule has 0 saturated heterocycles. The Morgan fingerprint density at radius 2 is 2.13 bits per heavy atom. The minimum Gasteiger partial charge on any atom is -0.313 e. The van der Waals surface area contributed by atoms with E-state index >= 15 is 0 Å². The van der Waals surface area contributed by atoms with E-state index in [1.165, 1.54) is 5.56 Å². The van der Waals surface area contributed by atoms with E-state index in [9.17, 15) is 0 Å². The van der Waals surface area contributed by atoms with Gasteiger partial charge in [-0.3, -0.25) is 0 Å². The Morgan fingerprint density at radius 3 is 2.87 bits per heavy atom. The van der Waals surface area contributed by atoms with Crippen molar-refractivity contribution in [2.75, 3.05) is 7.05 Å². The van der Waals surface area contributed by atoms with Crippen molar-refractivity contribution in [2.45, 2.75) is 13.5 Å². The summed E-state index contributed by atoms with van der Waals surface area (Å²) in [5, 5.41) is 4.43. The molecule has 0 fully saturated rings. The first-order valence-electron chi connectivity index (χ1n) is 4.78. The Kier molecular flexibility index (Phi) is 2.84. The molecule has 15 heavy (non-hydrogen) atoms. The zero-order valence-corrected chi connectivity index (χ0v) is 9.47. The lowest BCUT2D eigenvalue weighted by Crippen LogP contribution is -2.09. The van der Waals surface area contributed by atoms with Gasteiger partial charge in [0.25, 0.3) is 0 Å². The van der Waals surface area contributed by atoms with E-state index in [4.69, 9.17) is 11.6 Å². The van der Waals surface area contributed by atoms with Gasteiger partial charge >= 0.3 is 0 Å². The van der Waals surface area contributed by atoms with Gasteiger partial charge in [0.05, 0.1) is 12.1 Å². The van der Waals surface area contributed by atoms with Crippen molar-refractivity contribution in [3.63, 3.8) is 0 Å². The van der Waals surface area contributed by atoms with E-state index in [-0.39, 0.29) is 0 Å². The van der Waals surface area contributed by atoms with Crippen molar-refractivity contribution < 1.29 is 0 Å². The van der Waals surface area contributed by atoms with Crippen LogP contribution in [0.3, 0.4) is 0 Å². The molecule has 0 unspecified atom stereocenters. The molecule has 3 nitrogen and oxygen atoms in total. The van der Waals surface area contributed by atoms with Crippen molar-refractivity contribution in [2.24, 2.45) is 0 Å². The highest BCUT2D eigenvalue weighted by molar-refractivity contribution is 6.34. The number of benzene rings is 1. The molecule has 0 spiro atoms. The van der Waals surface area contributed by atoms with Crippen molar-refractivity contribution >= 4 is 22.5 Å².